The molecule has 2 atom stereocenters. The maximum atomic E-state index is 12.4. The second kappa shape index (κ2) is 6.97. The number of aliphatic hydroxyl groups excluding tert-OH is 1. The number of urea groups is 1. The molecule has 1 aliphatic carbocycles. The molecule has 4 nitrogen and oxygen atoms in total. The lowest BCUT2D eigenvalue weighted by molar-refractivity contribution is 0.125. The summed E-state index contributed by atoms with van der Waals surface area (Å²) in [5.74, 6) is 0. The Bertz CT molecular complexity index is 521. The average molecular weight is 300 g/mol. The molecule has 22 heavy (non-hydrogen) atoms. The van der Waals surface area contributed by atoms with Gasteiger partial charge in [0.05, 0.1) is 6.10 Å². The second-order valence-corrected chi connectivity index (χ2v) is 6.24. The van der Waals surface area contributed by atoms with Gasteiger partial charge in [0.25, 0.3) is 0 Å². The van der Waals surface area contributed by atoms with Crippen LogP contribution in [-0.4, -0.2) is 34.7 Å². The van der Waals surface area contributed by atoms with Crippen molar-refractivity contribution in [2.75, 3.05) is 6.54 Å². The molecular formula is C18H24N2O2. The number of hydrogen-bond donors (Lipinski definition) is 2. The van der Waals surface area contributed by atoms with Gasteiger partial charge in [-0.2, -0.15) is 0 Å². The molecule has 2 amide bonds. The third-order valence-corrected chi connectivity index (χ3v) is 4.65. The number of hydrogen-bond acceptors (Lipinski definition) is 2. The number of carbonyl (C=O) groups is 1. The van der Waals surface area contributed by atoms with Crippen LogP contribution in [0, 0.1) is 0 Å². The van der Waals surface area contributed by atoms with Gasteiger partial charge in [-0.3, -0.25) is 0 Å². The highest BCUT2D eigenvalue weighted by Crippen LogP contribution is 2.27. The number of benzene rings is 1. The molecule has 1 saturated heterocycles. The van der Waals surface area contributed by atoms with Crippen molar-refractivity contribution in [2.45, 2.75) is 50.3 Å². The Kier molecular flexibility index (Phi) is 4.78. The monoisotopic (exact) mass is 300 g/mol. The maximum Gasteiger partial charge on any atom is 0.317 e. The van der Waals surface area contributed by atoms with E-state index in [9.17, 15) is 9.90 Å². The predicted octanol–water partition coefficient (Wildman–Crippen LogP) is 3.00. The zero-order valence-electron chi connectivity index (χ0n) is 12.8. The largest absolute Gasteiger partial charge is 0.388 e. The smallest absolute Gasteiger partial charge is 0.317 e. The zero-order valence-corrected chi connectivity index (χ0v) is 12.8. The first kappa shape index (κ1) is 15.1. The highest BCUT2D eigenvalue weighted by molar-refractivity contribution is 5.75. The van der Waals surface area contributed by atoms with Gasteiger partial charge in [0.1, 0.15) is 0 Å². The molecule has 0 aromatic heterocycles. The zero-order chi connectivity index (χ0) is 15.4. The van der Waals surface area contributed by atoms with Gasteiger partial charge >= 0.3 is 6.03 Å². The molecule has 0 bridgehead atoms. The molecule has 118 valence electrons. The average Bonchev–Trinajstić information content (AvgIpc) is 3.19. The molecule has 0 radical (unpaired) electrons. The molecule has 1 aromatic carbocycles. The van der Waals surface area contributed by atoms with Crippen LogP contribution in [0.1, 0.15) is 43.8 Å². The molecule has 0 saturated carbocycles. The molecule has 1 aromatic rings. The standard InChI is InChI=1S/C18H24N2O2/c21-17(14-7-2-1-3-8-14)13-16-11-6-12-20(16)18(22)19-15-9-4-5-10-15/h1-5,7-8,15-17,21H,6,9-13H2,(H,19,22). The second-order valence-electron chi connectivity index (χ2n) is 6.24. The molecular weight excluding hydrogens is 276 g/mol. The van der Waals surface area contributed by atoms with Crippen LogP contribution < -0.4 is 5.32 Å². The van der Waals surface area contributed by atoms with Gasteiger partial charge < -0.3 is 15.3 Å². The van der Waals surface area contributed by atoms with E-state index in [4.69, 9.17) is 0 Å². The lowest BCUT2D eigenvalue weighted by Crippen LogP contribution is -2.46. The first-order valence-electron chi connectivity index (χ1n) is 8.19. The molecule has 1 aliphatic heterocycles. The Morgan fingerprint density at radius 2 is 2.00 bits per heavy atom. The minimum atomic E-state index is -0.507. The molecule has 4 heteroatoms. The third kappa shape index (κ3) is 3.50. The highest BCUT2D eigenvalue weighted by Gasteiger charge is 2.31. The van der Waals surface area contributed by atoms with E-state index >= 15 is 0 Å². The van der Waals surface area contributed by atoms with Gasteiger partial charge in [0.2, 0.25) is 0 Å². The molecule has 2 unspecified atom stereocenters. The summed E-state index contributed by atoms with van der Waals surface area (Å²) in [6, 6.07) is 10.1. The summed E-state index contributed by atoms with van der Waals surface area (Å²) in [6.07, 6.45) is 8.18. The van der Waals surface area contributed by atoms with Crippen molar-refractivity contribution < 1.29 is 9.90 Å². The van der Waals surface area contributed by atoms with Gasteiger partial charge in [-0.15, -0.1) is 0 Å². The van der Waals surface area contributed by atoms with Crippen LogP contribution in [0.25, 0.3) is 0 Å². The van der Waals surface area contributed by atoms with Crippen molar-refractivity contribution in [1.29, 1.82) is 0 Å². The lowest BCUT2D eigenvalue weighted by atomic mass is 10.0. The van der Waals surface area contributed by atoms with Crippen molar-refractivity contribution in [2.24, 2.45) is 0 Å². The SMILES string of the molecule is O=C(NC1CC=CC1)N1CCCC1CC(O)c1ccccc1. The van der Waals surface area contributed by atoms with Crippen LogP contribution in [0.15, 0.2) is 42.5 Å². The van der Waals surface area contributed by atoms with Gasteiger partial charge in [0.15, 0.2) is 0 Å². The Labute approximate surface area is 131 Å². The molecule has 2 N–H and O–H groups in total. The number of carbonyl (C=O) groups excluding carboxylic acids is 1. The summed E-state index contributed by atoms with van der Waals surface area (Å²) in [5, 5.41) is 13.5. The van der Waals surface area contributed by atoms with E-state index in [1.165, 1.54) is 0 Å². The fourth-order valence-electron chi connectivity index (χ4n) is 3.41. The normalized spacial score (nSPS) is 23.0. The summed E-state index contributed by atoms with van der Waals surface area (Å²) < 4.78 is 0. The van der Waals surface area contributed by atoms with E-state index in [2.05, 4.69) is 17.5 Å². The summed E-state index contributed by atoms with van der Waals surface area (Å²) >= 11 is 0. The summed E-state index contributed by atoms with van der Waals surface area (Å²) in [4.78, 5) is 14.3. The fourth-order valence-corrected chi connectivity index (χ4v) is 3.41. The number of nitrogens with zero attached hydrogens (tertiary/aromatic N) is 1. The number of aliphatic hydroxyl groups is 1. The van der Waals surface area contributed by atoms with Crippen molar-refractivity contribution >= 4 is 6.03 Å². The Morgan fingerprint density at radius 1 is 1.27 bits per heavy atom. The summed E-state index contributed by atoms with van der Waals surface area (Å²) in [6.45, 7) is 0.790. The van der Waals surface area contributed by atoms with Gasteiger partial charge in [0, 0.05) is 18.6 Å². The summed E-state index contributed by atoms with van der Waals surface area (Å²) in [7, 11) is 0. The number of amides is 2. The van der Waals surface area contributed by atoms with Crippen molar-refractivity contribution in [3.05, 3.63) is 48.0 Å². The van der Waals surface area contributed by atoms with Gasteiger partial charge in [-0.05, 0) is 37.7 Å². The Hall–Kier alpha value is -1.81. The molecule has 1 heterocycles. The van der Waals surface area contributed by atoms with Crippen LogP contribution >= 0.6 is 0 Å². The van der Waals surface area contributed by atoms with Crippen LogP contribution in [0.5, 0.6) is 0 Å². The first-order chi connectivity index (χ1) is 10.7. The van der Waals surface area contributed by atoms with Crippen molar-refractivity contribution in [1.82, 2.24) is 10.2 Å². The Balaban J connectivity index is 1.57. The number of nitrogens with one attached hydrogen (secondary N) is 1. The molecule has 0 spiro atoms. The molecule has 2 aliphatic rings. The fraction of sp³-hybridized carbons (Fsp3) is 0.500. The van der Waals surface area contributed by atoms with E-state index in [1.807, 2.05) is 35.2 Å². The van der Waals surface area contributed by atoms with E-state index in [0.29, 0.717) is 6.42 Å². The predicted molar refractivity (Wildman–Crippen MR) is 86.4 cm³/mol. The van der Waals surface area contributed by atoms with Crippen LogP contribution in [0.3, 0.4) is 0 Å². The minimum Gasteiger partial charge on any atom is -0.388 e. The Morgan fingerprint density at radius 3 is 2.73 bits per heavy atom. The van der Waals surface area contributed by atoms with Crippen LogP contribution in [0.2, 0.25) is 0 Å². The van der Waals surface area contributed by atoms with E-state index in [0.717, 1.165) is 37.8 Å². The van der Waals surface area contributed by atoms with E-state index in [-0.39, 0.29) is 18.1 Å². The number of likely N-dealkylation sites (tertiary alicyclic amines) is 1. The quantitative estimate of drug-likeness (QED) is 0.840. The van der Waals surface area contributed by atoms with Crippen molar-refractivity contribution in [3.8, 4) is 0 Å². The van der Waals surface area contributed by atoms with Gasteiger partial charge in [-0.1, -0.05) is 42.5 Å². The molecule has 3 rings (SSSR count). The highest BCUT2D eigenvalue weighted by atomic mass is 16.3. The van der Waals surface area contributed by atoms with Crippen molar-refractivity contribution in [3.63, 3.8) is 0 Å². The maximum absolute atomic E-state index is 12.4. The first-order valence-corrected chi connectivity index (χ1v) is 8.19. The topological polar surface area (TPSA) is 52.6 Å². The lowest BCUT2D eigenvalue weighted by Gasteiger charge is -2.28. The minimum absolute atomic E-state index is 0.0245. The van der Waals surface area contributed by atoms with E-state index in [1.54, 1.807) is 0 Å². The third-order valence-electron chi connectivity index (χ3n) is 4.65. The van der Waals surface area contributed by atoms with Gasteiger partial charge in [-0.25, -0.2) is 4.79 Å². The number of rotatable bonds is 4. The van der Waals surface area contributed by atoms with E-state index < -0.39 is 6.10 Å². The summed E-state index contributed by atoms with van der Waals surface area (Å²) in [5.41, 5.74) is 0.926. The van der Waals surface area contributed by atoms with Crippen LogP contribution in [0.4, 0.5) is 4.79 Å². The van der Waals surface area contributed by atoms with Crippen LogP contribution in [-0.2, 0) is 0 Å². The molecule has 1 fully saturated rings.